The van der Waals surface area contributed by atoms with Crippen LogP contribution in [0.4, 0.5) is 16.2 Å². The molecule has 0 bridgehead atoms. The van der Waals surface area contributed by atoms with E-state index in [1.165, 1.54) is 12.0 Å². The first kappa shape index (κ1) is 18.8. The minimum absolute atomic E-state index is 0.0435. The van der Waals surface area contributed by atoms with Crippen LogP contribution in [-0.4, -0.2) is 50.7 Å². The fourth-order valence-corrected chi connectivity index (χ4v) is 2.98. The summed E-state index contributed by atoms with van der Waals surface area (Å²) in [5.41, 5.74) is 1.27. The topological polar surface area (TPSA) is 71.1 Å². The molecule has 1 aliphatic rings. The number of methoxy groups -OCH3 is 2. The van der Waals surface area contributed by atoms with Gasteiger partial charge in [-0.25, -0.2) is 4.79 Å². The van der Waals surface area contributed by atoms with E-state index in [0.717, 1.165) is 5.69 Å². The highest BCUT2D eigenvalue weighted by Gasteiger charge is 2.30. The van der Waals surface area contributed by atoms with E-state index in [1.807, 2.05) is 0 Å². The number of benzene rings is 2. The van der Waals surface area contributed by atoms with Crippen LogP contribution >= 0.6 is 11.6 Å². The Bertz CT molecular complexity index is 841. The number of rotatable bonds is 6. The van der Waals surface area contributed by atoms with Crippen molar-refractivity contribution in [2.24, 2.45) is 0 Å². The van der Waals surface area contributed by atoms with Crippen LogP contribution in [0.15, 0.2) is 42.5 Å². The van der Waals surface area contributed by atoms with E-state index in [2.05, 4.69) is 5.32 Å². The minimum atomic E-state index is -0.301. The van der Waals surface area contributed by atoms with Crippen LogP contribution in [0.1, 0.15) is 0 Å². The Hall–Kier alpha value is -2.93. The standard InChI is InChI=1S/C19H20ClN3O4/c1-26-15-7-8-16(17(11-15)27-2)21-18(24)12-22-9-10-23(19(22)25)14-5-3-13(20)4-6-14/h3-8,11H,9-10,12H2,1-2H3,(H,21,24). The third-order valence-electron chi connectivity index (χ3n) is 4.25. The van der Waals surface area contributed by atoms with Crippen LogP contribution in [0.25, 0.3) is 0 Å². The number of carbonyl (C=O) groups is 2. The zero-order valence-corrected chi connectivity index (χ0v) is 15.8. The van der Waals surface area contributed by atoms with Crippen LogP contribution < -0.4 is 19.7 Å². The molecule has 142 valence electrons. The second-order valence-corrected chi connectivity index (χ2v) is 6.38. The number of amides is 3. The molecule has 8 heteroatoms. The molecule has 7 nitrogen and oxygen atoms in total. The van der Waals surface area contributed by atoms with E-state index in [4.69, 9.17) is 21.1 Å². The highest BCUT2D eigenvalue weighted by Crippen LogP contribution is 2.29. The van der Waals surface area contributed by atoms with Crippen molar-refractivity contribution in [3.8, 4) is 11.5 Å². The van der Waals surface area contributed by atoms with E-state index in [-0.39, 0.29) is 18.5 Å². The fourth-order valence-electron chi connectivity index (χ4n) is 2.85. The predicted octanol–water partition coefficient (Wildman–Crippen LogP) is 3.24. The molecule has 3 rings (SSSR count). The largest absolute Gasteiger partial charge is 0.497 e. The van der Waals surface area contributed by atoms with Crippen LogP contribution in [0.2, 0.25) is 5.02 Å². The van der Waals surface area contributed by atoms with Crippen molar-refractivity contribution >= 4 is 34.9 Å². The highest BCUT2D eigenvalue weighted by atomic mass is 35.5. The highest BCUT2D eigenvalue weighted by molar-refractivity contribution is 6.30. The molecular formula is C19H20ClN3O4. The number of anilines is 2. The lowest BCUT2D eigenvalue weighted by Crippen LogP contribution is -2.37. The van der Waals surface area contributed by atoms with Crippen LogP contribution in [0, 0.1) is 0 Å². The van der Waals surface area contributed by atoms with Crippen molar-refractivity contribution < 1.29 is 19.1 Å². The van der Waals surface area contributed by atoms with Gasteiger partial charge < -0.3 is 19.7 Å². The molecule has 0 aromatic heterocycles. The van der Waals surface area contributed by atoms with Gasteiger partial charge in [-0.2, -0.15) is 0 Å². The molecule has 1 fully saturated rings. The Morgan fingerprint density at radius 3 is 2.52 bits per heavy atom. The number of nitrogens with one attached hydrogen (secondary N) is 1. The van der Waals surface area contributed by atoms with Crippen LogP contribution in [-0.2, 0) is 4.79 Å². The van der Waals surface area contributed by atoms with Crippen LogP contribution in [0.3, 0.4) is 0 Å². The van der Waals surface area contributed by atoms with Gasteiger partial charge in [-0.05, 0) is 36.4 Å². The summed E-state index contributed by atoms with van der Waals surface area (Å²) < 4.78 is 10.4. The Kier molecular flexibility index (Phi) is 5.71. The minimum Gasteiger partial charge on any atom is -0.497 e. The van der Waals surface area contributed by atoms with Crippen molar-refractivity contribution in [3.63, 3.8) is 0 Å². The van der Waals surface area contributed by atoms with Gasteiger partial charge in [-0.3, -0.25) is 9.69 Å². The van der Waals surface area contributed by atoms with Gasteiger partial charge in [-0.1, -0.05) is 11.6 Å². The quantitative estimate of drug-likeness (QED) is 0.823. The fraction of sp³-hybridized carbons (Fsp3) is 0.263. The molecule has 0 aliphatic carbocycles. The summed E-state index contributed by atoms with van der Waals surface area (Å²) in [4.78, 5) is 28.1. The zero-order valence-electron chi connectivity index (χ0n) is 15.1. The molecular weight excluding hydrogens is 370 g/mol. The van der Waals surface area contributed by atoms with Crippen molar-refractivity contribution in [1.29, 1.82) is 0 Å². The van der Waals surface area contributed by atoms with E-state index in [1.54, 1.807) is 54.5 Å². The second-order valence-electron chi connectivity index (χ2n) is 5.95. The zero-order chi connectivity index (χ0) is 19.4. The van der Waals surface area contributed by atoms with Crippen LogP contribution in [0.5, 0.6) is 11.5 Å². The Balaban J connectivity index is 1.63. The summed E-state index contributed by atoms with van der Waals surface area (Å²) >= 11 is 5.89. The maximum Gasteiger partial charge on any atom is 0.325 e. The average molecular weight is 390 g/mol. The van der Waals surface area contributed by atoms with Crippen molar-refractivity contribution in [2.75, 3.05) is 44.1 Å². The summed E-state index contributed by atoms with van der Waals surface area (Å²) in [5, 5.41) is 3.38. The summed E-state index contributed by atoms with van der Waals surface area (Å²) in [5.74, 6) is 0.807. The van der Waals surface area contributed by atoms with Crippen molar-refractivity contribution in [1.82, 2.24) is 4.90 Å². The number of urea groups is 1. The molecule has 1 saturated heterocycles. The molecule has 0 atom stereocenters. The number of carbonyl (C=O) groups excluding carboxylic acids is 2. The van der Waals surface area contributed by atoms with Gasteiger partial charge in [0.2, 0.25) is 5.91 Å². The second kappa shape index (κ2) is 8.18. The lowest BCUT2D eigenvalue weighted by Gasteiger charge is -2.19. The molecule has 2 aromatic rings. The summed E-state index contributed by atoms with van der Waals surface area (Å²) in [6, 6.07) is 11.9. The van der Waals surface area contributed by atoms with Crippen molar-refractivity contribution in [3.05, 3.63) is 47.5 Å². The van der Waals surface area contributed by atoms with Gasteiger partial charge in [-0.15, -0.1) is 0 Å². The Morgan fingerprint density at radius 2 is 1.85 bits per heavy atom. The lowest BCUT2D eigenvalue weighted by atomic mass is 10.2. The summed E-state index contributed by atoms with van der Waals surface area (Å²) in [6.07, 6.45) is 0. The number of hydrogen-bond acceptors (Lipinski definition) is 4. The molecule has 0 radical (unpaired) electrons. The van der Waals surface area contributed by atoms with E-state index < -0.39 is 0 Å². The first-order valence-corrected chi connectivity index (χ1v) is 8.73. The maximum absolute atomic E-state index is 12.6. The average Bonchev–Trinajstić information content (AvgIpc) is 3.03. The molecule has 1 N–H and O–H groups in total. The van der Waals surface area contributed by atoms with Gasteiger partial charge in [0.15, 0.2) is 0 Å². The maximum atomic E-state index is 12.6. The molecule has 27 heavy (non-hydrogen) atoms. The SMILES string of the molecule is COc1ccc(NC(=O)CN2CCN(c3ccc(Cl)cc3)C2=O)c(OC)c1. The first-order chi connectivity index (χ1) is 13.0. The van der Waals surface area contributed by atoms with Gasteiger partial charge in [0.05, 0.1) is 19.9 Å². The van der Waals surface area contributed by atoms with Gasteiger partial charge in [0, 0.05) is 29.9 Å². The molecule has 0 unspecified atom stereocenters. The smallest absolute Gasteiger partial charge is 0.325 e. The Labute approximate surface area is 162 Å². The van der Waals surface area contributed by atoms with Gasteiger partial charge >= 0.3 is 6.03 Å². The molecule has 3 amide bonds. The molecule has 1 aliphatic heterocycles. The Morgan fingerprint density at radius 1 is 1.11 bits per heavy atom. The molecule has 2 aromatic carbocycles. The third kappa shape index (κ3) is 4.25. The third-order valence-corrected chi connectivity index (χ3v) is 4.50. The van der Waals surface area contributed by atoms with E-state index in [0.29, 0.717) is 35.3 Å². The number of hydrogen-bond donors (Lipinski definition) is 1. The van der Waals surface area contributed by atoms with Crippen molar-refractivity contribution in [2.45, 2.75) is 0 Å². The summed E-state index contributed by atoms with van der Waals surface area (Å²) in [7, 11) is 3.07. The number of nitrogens with zero attached hydrogens (tertiary/aromatic N) is 2. The lowest BCUT2D eigenvalue weighted by molar-refractivity contribution is -0.116. The summed E-state index contributed by atoms with van der Waals surface area (Å²) in [6.45, 7) is 0.937. The van der Waals surface area contributed by atoms with E-state index in [9.17, 15) is 9.59 Å². The number of ether oxygens (including phenoxy) is 2. The number of halogens is 1. The molecule has 0 saturated carbocycles. The monoisotopic (exact) mass is 389 g/mol. The molecule has 0 spiro atoms. The normalized spacial score (nSPS) is 13.7. The molecule has 1 heterocycles. The first-order valence-electron chi connectivity index (χ1n) is 8.35. The predicted molar refractivity (Wildman–Crippen MR) is 104 cm³/mol. The van der Waals surface area contributed by atoms with E-state index >= 15 is 0 Å². The van der Waals surface area contributed by atoms with Gasteiger partial charge in [0.1, 0.15) is 18.0 Å². The van der Waals surface area contributed by atoms with Gasteiger partial charge in [0.25, 0.3) is 0 Å².